The van der Waals surface area contributed by atoms with Crippen molar-refractivity contribution in [2.45, 2.75) is 13.8 Å². The van der Waals surface area contributed by atoms with Gasteiger partial charge in [-0.2, -0.15) is 0 Å². The van der Waals surface area contributed by atoms with E-state index in [0.29, 0.717) is 0 Å². The molecule has 3 nitrogen and oxygen atoms in total. The number of esters is 2. The van der Waals surface area contributed by atoms with E-state index < -0.39 is 11.9 Å². The third-order valence-electron chi connectivity index (χ3n) is 0.853. The van der Waals surface area contributed by atoms with E-state index in [0.717, 1.165) is 0 Å². The van der Waals surface area contributed by atoms with Gasteiger partial charge in [-0.25, -0.2) is 4.79 Å². The van der Waals surface area contributed by atoms with Gasteiger partial charge in [-0.15, -0.1) is 0 Å². The van der Waals surface area contributed by atoms with Crippen LogP contribution in [0.5, 0.6) is 0 Å². The average molecular weight is 128 g/mol. The fourth-order valence-corrected chi connectivity index (χ4v) is 0.458. The van der Waals surface area contributed by atoms with Crippen molar-refractivity contribution in [3.8, 4) is 0 Å². The molecule has 50 valence electrons. The second-order valence-corrected chi connectivity index (χ2v) is 1.54. The van der Waals surface area contributed by atoms with Gasteiger partial charge in [0.1, 0.15) is 0 Å². The summed E-state index contributed by atoms with van der Waals surface area (Å²) < 4.78 is 4.10. The zero-order valence-electron chi connectivity index (χ0n) is 4.14. The van der Waals surface area contributed by atoms with Gasteiger partial charge >= 0.3 is 11.9 Å². The summed E-state index contributed by atoms with van der Waals surface area (Å²) >= 11 is 0. The van der Waals surface area contributed by atoms with Crippen LogP contribution in [0.2, 0.25) is 0 Å². The average Bonchev–Trinajstić information content (AvgIpc) is 1.85. The maximum absolute atomic E-state index is 10.2. The van der Waals surface area contributed by atoms with E-state index in [1.54, 1.807) is 0 Å². The van der Waals surface area contributed by atoms with Gasteiger partial charge < -0.3 is 4.74 Å². The van der Waals surface area contributed by atoms with Gasteiger partial charge in [-0.3, -0.25) is 4.79 Å². The standard InChI is InChI=1S/C5H4O3.CH4/c1-3-2-4(6)8-5(3)7;/h1-2H2;1H4. The molecule has 0 aromatic rings. The molecule has 1 aliphatic heterocycles. The minimum atomic E-state index is -0.588. The fraction of sp³-hybridized carbons (Fsp3) is 0.333. The first-order chi connectivity index (χ1) is 3.70. The lowest BCUT2D eigenvalue weighted by Gasteiger charge is -1.80. The molecule has 1 saturated heterocycles. The quantitative estimate of drug-likeness (QED) is 0.273. The molecule has 0 bridgehead atoms. The van der Waals surface area contributed by atoms with E-state index in [9.17, 15) is 9.59 Å². The highest BCUT2D eigenvalue weighted by atomic mass is 16.6. The molecule has 0 spiro atoms. The summed E-state index contributed by atoms with van der Waals surface area (Å²) in [7, 11) is 0. The lowest BCUT2D eigenvalue weighted by Crippen LogP contribution is -1.95. The van der Waals surface area contributed by atoms with Gasteiger partial charge in [0.2, 0.25) is 0 Å². The number of rotatable bonds is 0. The van der Waals surface area contributed by atoms with Crippen molar-refractivity contribution >= 4 is 11.9 Å². The number of carbonyl (C=O) groups excluding carboxylic acids is 2. The minimum Gasteiger partial charge on any atom is -0.389 e. The highest BCUT2D eigenvalue weighted by molar-refractivity contribution is 6.05. The Labute approximate surface area is 53.3 Å². The number of hydrogen-bond donors (Lipinski definition) is 0. The summed E-state index contributed by atoms with van der Waals surface area (Å²) in [6.45, 7) is 3.29. The Hall–Kier alpha value is -1.12. The molecule has 0 amide bonds. The molecular weight excluding hydrogens is 120 g/mol. The summed E-state index contributed by atoms with van der Waals surface area (Å²) in [5, 5.41) is 0. The van der Waals surface area contributed by atoms with Crippen LogP contribution >= 0.6 is 0 Å². The van der Waals surface area contributed by atoms with Crippen LogP contribution in [0.4, 0.5) is 0 Å². The lowest BCUT2D eigenvalue weighted by molar-refractivity contribution is -0.151. The van der Waals surface area contributed by atoms with Gasteiger partial charge in [-0.05, 0) is 0 Å². The molecule has 1 heterocycles. The van der Waals surface area contributed by atoms with Crippen LogP contribution in [0.25, 0.3) is 0 Å². The molecule has 0 unspecified atom stereocenters. The van der Waals surface area contributed by atoms with Crippen molar-refractivity contribution < 1.29 is 14.3 Å². The van der Waals surface area contributed by atoms with E-state index >= 15 is 0 Å². The summed E-state index contributed by atoms with van der Waals surface area (Å²) in [5.41, 5.74) is 0.245. The topological polar surface area (TPSA) is 43.4 Å². The second kappa shape index (κ2) is 2.44. The van der Waals surface area contributed by atoms with Crippen LogP contribution in [0.1, 0.15) is 13.8 Å². The highest BCUT2D eigenvalue weighted by Gasteiger charge is 2.24. The number of ether oxygens (including phenoxy) is 1. The van der Waals surface area contributed by atoms with Crippen molar-refractivity contribution in [3.63, 3.8) is 0 Å². The molecule has 0 aliphatic carbocycles. The molecule has 0 radical (unpaired) electrons. The van der Waals surface area contributed by atoms with Gasteiger partial charge in [0.15, 0.2) is 0 Å². The third-order valence-corrected chi connectivity index (χ3v) is 0.853. The lowest BCUT2D eigenvalue weighted by atomic mass is 10.3. The van der Waals surface area contributed by atoms with E-state index in [1.807, 2.05) is 0 Å². The van der Waals surface area contributed by atoms with Crippen LogP contribution in [-0.2, 0) is 14.3 Å². The van der Waals surface area contributed by atoms with Gasteiger partial charge in [0.05, 0.1) is 6.42 Å². The summed E-state index contributed by atoms with van der Waals surface area (Å²) in [4.78, 5) is 20.4. The fourth-order valence-electron chi connectivity index (χ4n) is 0.458. The van der Waals surface area contributed by atoms with Crippen LogP contribution < -0.4 is 0 Å². The smallest absolute Gasteiger partial charge is 0.341 e. The van der Waals surface area contributed by atoms with Gasteiger partial charge in [-0.1, -0.05) is 14.0 Å². The van der Waals surface area contributed by atoms with Crippen LogP contribution in [0.3, 0.4) is 0 Å². The second-order valence-electron chi connectivity index (χ2n) is 1.54. The zero-order chi connectivity index (χ0) is 6.15. The molecule has 0 atom stereocenters. The number of carbonyl (C=O) groups is 2. The van der Waals surface area contributed by atoms with E-state index in [1.165, 1.54) is 0 Å². The summed E-state index contributed by atoms with van der Waals surface area (Å²) in [6, 6.07) is 0. The normalized spacial score (nSPS) is 17.1. The molecule has 0 N–H and O–H groups in total. The molecular formula is C6H8O3. The number of hydrogen-bond acceptors (Lipinski definition) is 3. The largest absolute Gasteiger partial charge is 0.389 e. The van der Waals surface area contributed by atoms with Crippen LogP contribution in [0.15, 0.2) is 12.2 Å². The van der Waals surface area contributed by atoms with Crippen molar-refractivity contribution in [3.05, 3.63) is 12.2 Å². The van der Waals surface area contributed by atoms with Crippen molar-refractivity contribution in [2.24, 2.45) is 0 Å². The summed E-state index contributed by atoms with van der Waals surface area (Å²) in [5.74, 6) is -1.09. The minimum absolute atomic E-state index is 0. The third kappa shape index (κ3) is 1.38. The first-order valence-electron chi connectivity index (χ1n) is 2.13. The SMILES string of the molecule is C.C=C1CC(=O)OC1=O. The Bertz CT molecular complexity index is 151. The molecule has 1 fully saturated rings. The first kappa shape index (κ1) is 7.88. The molecule has 0 aromatic heterocycles. The van der Waals surface area contributed by atoms with Crippen molar-refractivity contribution in [2.75, 3.05) is 0 Å². The van der Waals surface area contributed by atoms with E-state index in [2.05, 4.69) is 11.3 Å². The first-order valence-corrected chi connectivity index (χ1v) is 2.13. The molecule has 3 heteroatoms. The Morgan fingerprint density at radius 3 is 2.11 bits per heavy atom. The van der Waals surface area contributed by atoms with Gasteiger partial charge in [0.25, 0.3) is 0 Å². The number of cyclic esters (lactones) is 2. The van der Waals surface area contributed by atoms with Crippen molar-refractivity contribution in [1.82, 2.24) is 0 Å². The predicted molar refractivity (Wildman–Crippen MR) is 31.6 cm³/mol. The Morgan fingerprint density at radius 2 is 2.00 bits per heavy atom. The van der Waals surface area contributed by atoms with Crippen LogP contribution in [-0.4, -0.2) is 11.9 Å². The van der Waals surface area contributed by atoms with E-state index in [4.69, 9.17) is 0 Å². The maximum Gasteiger partial charge on any atom is 0.341 e. The molecule has 0 aromatic carbocycles. The Balaban J connectivity index is 0.000000640. The highest BCUT2D eigenvalue weighted by Crippen LogP contribution is 2.10. The maximum atomic E-state index is 10.2. The predicted octanol–water partition coefficient (Wildman–Crippen LogP) is 0.652. The Morgan fingerprint density at radius 1 is 1.44 bits per heavy atom. The molecule has 9 heavy (non-hydrogen) atoms. The summed E-state index contributed by atoms with van der Waals surface area (Å²) in [6.07, 6.45) is 0.0544. The monoisotopic (exact) mass is 128 g/mol. The Kier molecular flexibility index (Phi) is 2.13. The van der Waals surface area contributed by atoms with Crippen LogP contribution in [0, 0.1) is 0 Å². The van der Waals surface area contributed by atoms with E-state index in [-0.39, 0.29) is 19.4 Å². The molecule has 1 rings (SSSR count). The van der Waals surface area contributed by atoms with Crippen molar-refractivity contribution in [1.29, 1.82) is 0 Å². The molecule has 1 aliphatic rings. The molecule has 0 saturated carbocycles. The van der Waals surface area contributed by atoms with Gasteiger partial charge in [0, 0.05) is 5.57 Å². The zero-order valence-corrected chi connectivity index (χ0v) is 4.14.